The Bertz CT molecular complexity index is 838. The van der Waals surface area contributed by atoms with Crippen LogP contribution in [-0.2, 0) is 16.0 Å². The van der Waals surface area contributed by atoms with Crippen molar-refractivity contribution in [3.05, 3.63) is 51.6 Å². The molecule has 2 aromatic rings. The number of hydrogen-bond acceptors (Lipinski definition) is 4. The van der Waals surface area contributed by atoms with Gasteiger partial charge < -0.3 is 14.8 Å². The number of anilines is 1. The molecule has 0 unspecified atom stereocenters. The number of carbonyl (C=O) groups is 2. The number of ether oxygens (including phenoxy) is 2. The maximum Gasteiger partial charge on any atom is 0.292 e. The largest absolute Gasteiger partial charge is 0.493 e. The number of rotatable bonds is 7. The molecule has 0 bridgehead atoms. The third-order valence-electron chi connectivity index (χ3n) is 4.60. The molecule has 2 N–H and O–H groups in total. The van der Waals surface area contributed by atoms with Crippen LogP contribution in [-0.4, -0.2) is 38.6 Å². The van der Waals surface area contributed by atoms with Crippen molar-refractivity contribution >= 4 is 40.1 Å². The molecule has 1 atom stereocenters. The number of nitrogens with zero attached hydrogens (tertiary/aromatic N) is 1. The maximum absolute atomic E-state index is 12.7. The number of imide groups is 1. The minimum atomic E-state index is -0.364. The average Bonchev–Trinajstić information content (AvgIpc) is 2.96. The highest BCUT2D eigenvalue weighted by atomic mass is 127. The van der Waals surface area contributed by atoms with Gasteiger partial charge in [-0.05, 0) is 64.6 Å². The van der Waals surface area contributed by atoms with Crippen LogP contribution in [0.5, 0.6) is 11.5 Å². The Morgan fingerprint density at radius 3 is 2.44 bits per heavy atom. The Morgan fingerprint density at radius 2 is 1.78 bits per heavy atom. The van der Waals surface area contributed by atoms with Gasteiger partial charge in [-0.2, -0.15) is 0 Å². The van der Waals surface area contributed by atoms with Gasteiger partial charge in [-0.25, -0.2) is 4.90 Å². The summed E-state index contributed by atoms with van der Waals surface area (Å²) in [7, 11) is 3.21. The summed E-state index contributed by atoms with van der Waals surface area (Å²) in [6, 6.07) is 12.8. The number of methoxy groups -OCH3 is 2. The Hall–Kier alpha value is -2.13. The lowest BCUT2D eigenvalue weighted by Crippen LogP contribution is -2.92. The van der Waals surface area contributed by atoms with Crippen LogP contribution in [0.2, 0.25) is 0 Å². The lowest BCUT2D eigenvalue weighted by Gasteiger charge is -2.14. The number of quaternary nitrogens is 1. The Labute approximate surface area is 172 Å². The van der Waals surface area contributed by atoms with Gasteiger partial charge in [-0.15, -0.1) is 0 Å². The minimum Gasteiger partial charge on any atom is -0.493 e. The van der Waals surface area contributed by atoms with E-state index in [1.54, 1.807) is 14.2 Å². The second-order valence-corrected chi connectivity index (χ2v) is 7.56. The van der Waals surface area contributed by atoms with Crippen LogP contribution < -0.4 is 19.7 Å². The van der Waals surface area contributed by atoms with E-state index >= 15 is 0 Å². The molecule has 1 heterocycles. The van der Waals surface area contributed by atoms with Crippen molar-refractivity contribution in [2.45, 2.75) is 18.9 Å². The lowest BCUT2D eigenvalue weighted by molar-refractivity contribution is -0.674. The first-order chi connectivity index (χ1) is 13.0. The van der Waals surface area contributed by atoms with Crippen LogP contribution in [0.1, 0.15) is 12.0 Å². The van der Waals surface area contributed by atoms with Gasteiger partial charge in [0.1, 0.15) is 0 Å². The summed E-state index contributed by atoms with van der Waals surface area (Å²) in [6.07, 6.45) is 0.999. The van der Waals surface area contributed by atoms with Gasteiger partial charge in [0.25, 0.3) is 5.91 Å². The zero-order chi connectivity index (χ0) is 19.4. The van der Waals surface area contributed by atoms with E-state index < -0.39 is 0 Å². The SMILES string of the molecule is COc1ccc(CC[NH2+][C@@H]2CC(=O)N(c3ccc(I)cc3)C2=O)cc1OC. The third-order valence-corrected chi connectivity index (χ3v) is 5.32. The van der Waals surface area contributed by atoms with Crippen molar-refractivity contribution in [1.29, 1.82) is 0 Å². The molecular formula is C20H22IN2O4+. The molecule has 2 amide bonds. The summed E-state index contributed by atoms with van der Waals surface area (Å²) in [4.78, 5) is 26.3. The van der Waals surface area contributed by atoms with E-state index in [9.17, 15) is 9.59 Å². The van der Waals surface area contributed by atoms with Crippen molar-refractivity contribution in [3.63, 3.8) is 0 Å². The quantitative estimate of drug-likeness (QED) is 0.484. The molecule has 0 radical (unpaired) electrons. The van der Waals surface area contributed by atoms with Crippen LogP contribution >= 0.6 is 22.6 Å². The van der Waals surface area contributed by atoms with E-state index in [0.29, 0.717) is 23.7 Å². The second kappa shape index (κ2) is 8.71. The lowest BCUT2D eigenvalue weighted by atomic mass is 10.1. The molecule has 7 heteroatoms. The molecule has 0 spiro atoms. The molecule has 0 aromatic heterocycles. The molecule has 3 rings (SSSR count). The number of benzene rings is 2. The Morgan fingerprint density at radius 1 is 1.07 bits per heavy atom. The van der Waals surface area contributed by atoms with Gasteiger partial charge in [0.15, 0.2) is 17.5 Å². The topological polar surface area (TPSA) is 72.5 Å². The van der Waals surface area contributed by atoms with E-state index in [0.717, 1.165) is 15.6 Å². The molecule has 0 saturated carbocycles. The van der Waals surface area contributed by atoms with E-state index in [2.05, 4.69) is 22.6 Å². The number of halogens is 1. The highest BCUT2D eigenvalue weighted by molar-refractivity contribution is 14.1. The second-order valence-electron chi connectivity index (χ2n) is 6.32. The normalized spacial score (nSPS) is 16.7. The summed E-state index contributed by atoms with van der Waals surface area (Å²) in [5.41, 5.74) is 1.73. The molecule has 1 aliphatic rings. The Kier molecular flexibility index (Phi) is 6.33. The predicted molar refractivity (Wildman–Crippen MR) is 110 cm³/mol. The summed E-state index contributed by atoms with van der Waals surface area (Å²) >= 11 is 2.20. The average molecular weight is 481 g/mol. The van der Waals surface area contributed by atoms with Crippen LogP contribution in [0.25, 0.3) is 0 Å². The first-order valence-corrected chi connectivity index (χ1v) is 9.78. The standard InChI is InChI=1S/C20H21IN2O4/c1-26-17-8-3-13(11-18(17)27-2)9-10-22-16-12-19(24)23(20(16)25)15-6-4-14(21)5-7-15/h3-8,11,16,22H,9-10,12H2,1-2H3/p+1/t16-/m1/s1. The highest BCUT2D eigenvalue weighted by Crippen LogP contribution is 2.27. The van der Waals surface area contributed by atoms with Gasteiger partial charge in [0.2, 0.25) is 5.91 Å². The fourth-order valence-electron chi connectivity index (χ4n) is 3.19. The van der Waals surface area contributed by atoms with E-state index in [-0.39, 0.29) is 24.3 Å². The molecule has 2 aromatic carbocycles. The van der Waals surface area contributed by atoms with E-state index in [4.69, 9.17) is 9.47 Å². The monoisotopic (exact) mass is 481 g/mol. The summed E-state index contributed by atoms with van der Waals surface area (Å²) in [6.45, 7) is 0.708. The molecule has 1 saturated heterocycles. The number of hydrogen-bond donors (Lipinski definition) is 1. The van der Waals surface area contributed by atoms with Gasteiger partial charge in [-0.1, -0.05) is 6.07 Å². The zero-order valence-electron chi connectivity index (χ0n) is 15.3. The first-order valence-electron chi connectivity index (χ1n) is 8.70. The number of amides is 2. The van der Waals surface area contributed by atoms with Crippen LogP contribution in [0.3, 0.4) is 0 Å². The molecule has 1 aliphatic heterocycles. The van der Waals surface area contributed by atoms with Crippen molar-refractivity contribution in [1.82, 2.24) is 0 Å². The maximum atomic E-state index is 12.7. The summed E-state index contributed by atoms with van der Waals surface area (Å²) in [5, 5.41) is 1.95. The van der Waals surface area contributed by atoms with Crippen molar-refractivity contribution < 1.29 is 24.4 Å². The third kappa shape index (κ3) is 4.41. The van der Waals surface area contributed by atoms with Crippen LogP contribution in [0, 0.1) is 3.57 Å². The number of carbonyl (C=O) groups excluding carboxylic acids is 2. The van der Waals surface area contributed by atoms with E-state index in [1.807, 2.05) is 47.8 Å². The Balaban J connectivity index is 1.60. The predicted octanol–water partition coefficient (Wildman–Crippen LogP) is 1.75. The molecule has 0 aliphatic carbocycles. The zero-order valence-corrected chi connectivity index (χ0v) is 17.4. The summed E-state index contributed by atoms with van der Waals surface area (Å²) < 4.78 is 11.6. The van der Waals surface area contributed by atoms with Crippen LogP contribution in [0.4, 0.5) is 5.69 Å². The fraction of sp³-hybridized carbons (Fsp3) is 0.300. The molecular weight excluding hydrogens is 459 g/mol. The molecule has 6 nitrogen and oxygen atoms in total. The smallest absolute Gasteiger partial charge is 0.292 e. The van der Waals surface area contributed by atoms with Crippen molar-refractivity contribution in [2.24, 2.45) is 0 Å². The van der Waals surface area contributed by atoms with Gasteiger partial charge in [0, 0.05) is 9.99 Å². The molecule has 1 fully saturated rings. The van der Waals surface area contributed by atoms with Crippen molar-refractivity contribution in [3.8, 4) is 11.5 Å². The van der Waals surface area contributed by atoms with Gasteiger partial charge >= 0.3 is 0 Å². The summed E-state index contributed by atoms with van der Waals surface area (Å²) in [5.74, 6) is 1.09. The van der Waals surface area contributed by atoms with Crippen LogP contribution in [0.15, 0.2) is 42.5 Å². The van der Waals surface area contributed by atoms with Gasteiger partial charge in [-0.3, -0.25) is 9.59 Å². The first kappa shape index (κ1) is 19.6. The van der Waals surface area contributed by atoms with Crippen molar-refractivity contribution in [2.75, 3.05) is 25.7 Å². The van der Waals surface area contributed by atoms with Gasteiger partial charge in [0.05, 0.1) is 32.9 Å². The minimum absolute atomic E-state index is 0.145. The molecule has 142 valence electrons. The molecule has 27 heavy (non-hydrogen) atoms. The highest BCUT2D eigenvalue weighted by Gasteiger charge is 2.41. The fourth-order valence-corrected chi connectivity index (χ4v) is 3.55. The number of nitrogens with two attached hydrogens (primary N) is 1. The van der Waals surface area contributed by atoms with E-state index in [1.165, 1.54) is 4.90 Å².